The summed E-state index contributed by atoms with van der Waals surface area (Å²) in [5.74, 6) is 1.17. The molecule has 0 aliphatic heterocycles. The largest absolute Gasteiger partial charge is 0.481 e. The second-order valence-electron chi connectivity index (χ2n) is 9.28. The van der Waals surface area contributed by atoms with Crippen LogP contribution in [0, 0.1) is 29.6 Å². The van der Waals surface area contributed by atoms with Gasteiger partial charge in [-0.25, -0.2) is 0 Å². The lowest BCUT2D eigenvalue weighted by Gasteiger charge is -2.21. The summed E-state index contributed by atoms with van der Waals surface area (Å²) in [4.78, 5) is 10.7. The summed E-state index contributed by atoms with van der Waals surface area (Å²) in [6, 6.07) is 0. The molecule has 0 saturated heterocycles. The van der Waals surface area contributed by atoms with Crippen LogP contribution in [0.2, 0.25) is 0 Å². The lowest BCUT2D eigenvalue weighted by Crippen LogP contribution is -2.19. The Morgan fingerprint density at radius 2 is 2.04 bits per heavy atom. The van der Waals surface area contributed by atoms with Crippen molar-refractivity contribution in [1.82, 2.24) is 0 Å². The van der Waals surface area contributed by atoms with Gasteiger partial charge in [-0.15, -0.1) is 0 Å². The molecule has 0 aromatic carbocycles. The summed E-state index contributed by atoms with van der Waals surface area (Å²) in [6.07, 6.45) is 13.6. The molecular formula is C24H40O4. The van der Waals surface area contributed by atoms with E-state index in [1.54, 1.807) is 0 Å². The molecule has 4 nitrogen and oxygen atoms in total. The molecule has 0 heterocycles. The molecule has 7 atom stereocenters. The number of rotatable bonds is 12. The van der Waals surface area contributed by atoms with Crippen molar-refractivity contribution in [3.63, 3.8) is 0 Å². The van der Waals surface area contributed by atoms with Crippen molar-refractivity contribution in [3.8, 4) is 0 Å². The molecule has 160 valence electrons. The number of carboxylic acids is 1. The summed E-state index contributed by atoms with van der Waals surface area (Å²) in [5.41, 5.74) is 1.43. The number of allylic oxidation sites excluding steroid dienone is 2. The molecule has 4 heteroatoms. The molecule has 2 rings (SSSR count). The predicted molar refractivity (Wildman–Crippen MR) is 113 cm³/mol. The van der Waals surface area contributed by atoms with Crippen molar-refractivity contribution in [2.45, 2.75) is 90.8 Å². The number of hydrogen-bond acceptors (Lipinski definition) is 3. The zero-order valence-corrected chi connectivity index (χ0v) is 17.9. The highest BCUT2D eigenvalue weighted by Crippen LogP contribution is 2.49. The molecule has 2 aliphatic rings. The van der Waals surface area contributed by atoms with Crippen LogP contribution in [0.1, 0.15) is 78.6 Å². The molecular weight excluding hydrogens is 352 g/mol. The second kappa shape index (κ2) is 11.2. The number of aliphatic hydroxyl groups excluding tert-OH is 2. The molecule has 0 bridgehead atoms. The topological polar surface area (TPSA) is 77.8 Å². The van der Waals surface area contributed by atoms with Gasteiger partial charge in [-0.1, -0.05) is 63.8 Å². The van der Waals surface area contributed by atoms with Crippen LogP contribution < -0.4 is 0 Å². The van der Waals surface area contributed by atoms with Gasteiger partial charge in [0.05, 0.1) is 12.2 Å². The molecule has 1 fully saturated rings. The average molecular weight is 393 g/mol. The Morgan fingerprint density at radius 1 is 1.29 bits per heavy atom. The first-order valence-corrected chi connectivity index (χ1v) is 11.3. The van der Waals surface area contributed by atoms with Gasteiger partial charge < -0.3 is 15.3 Å². The molecule has 0 spiro atoms. The van der Waals surface area contributed by atoms with Gasteiger partial charge in [0.1, 0.15) is 0 Å². The fourth-order valence-corrected chi connectivity index (χ4v) is 5.07. The third-order valence-corrected chi connectivity index (χ3v) is 6.81. The first-order chi connectivity index (χ1) is 13.3. The summed E-state index contributed by atoms with van der Waals surface area (Å²) < 4.78 is 0. The zero-order chi connectivity index (χ0) is 20.7. The number of hydrogen-bond donors (Lipinski definition) is 3. The van der Waals surface area contributed by atoms with Crippen LogP contribution in [0.3, 0.4) is 0 Å². The quantitative estimate of drug-likeness (QED) is 0.411. The van der Waals surface area contributed by atoms with E-state index >= 15 is 0 Å². The van der Waals surface area contributed by atoms with Gasteiger partial charge in [0.25, 0.3) is 0 Å². The lowest BCUT2D eigenvalue weighted by atomic mass is 9.86. The molecule has 3 N–H and O–H groups in total. The first kappa shape index (κ1) is 23.2. The van der Waals surface area contributed by atoms with Crippen molar-refractivity contribution in [3.05, 3.63) is 23.8 Å². The van der Waals surface area contributed by atoms with Crippen LogP contribution in [0.15, 0.2) is 23.8 Å². The van der Waals surface area contributed by atoms with Gasteiger partial charge in [0, 0.05) is 12.3 Å². The van der Waals surface area contributed by atoms with Crippen molar-refractivity contribution in [2.24, 2.45) is 29.6 Å². The Balaban J connectivity index is 1.85. The maximum atomic E-state index is 10.7. The van der Waals surface area contributed by atoms with E-state index in [1.807, 2.05) is 6.08 Å². The fraction of sp³-hybridized carbons (Fsp3) is 0.792. The summed E-state index contributed by atoms with van der Waals surface area (Å²) in [6.45, 7) is 6.58. The van der Waals surface area contributed by atoms with Crippen molar-refractivity contribution in [1.29, 1.82) is 0 Å². The molecule has 0 aromatic rings. The van der Waals surface area contributed by atoms with E-state index in [9.17, 15) is 15.0 Å². The van der Waals surface area contributed by atoms with Gasteiger partial charge in [0.2, 0.25) is 0 Å². The Morgan fingerprint density at radius 3 is 2.71 bits per heavy atom. The number of aliphatic hydroxyl groups is 2. The third kappa shape index (κ3) is 6.73. The lowest BCUT2D eigenvalue weighted by molar-refractivity contribution is -0.137. The van der Waals surface area contributed by atoms with E-state index in [0.717, 1.165) is 38.5 Å². The minimum Gasteiger partial charge on any atom is -0.481 e. The highest BCUT2D eigenvalue weighted by molar-refractivity contribution is 5.66. The smallest absolute Gasteiger partial charge is 0.303 e. The predicted octanol–water partition coefficient (Wildman–Crippen LogP) is 4.95. The Hall–Kier alpha value is -1.13. The first-order valence-electron chi connectivity index (χ1n) is 11.3. The van der Waals surface area contributed by atoms with Crippen molar-refractivity contribution >= 4 is 5.97 Å². The van der Waals surface area contributed by atoms with Crippen LogP contribution in [0.25, 0.3) is 0 Å². The fourth-order valence-electron chi connectivity index (χ4n) is 5.07. The second-order valence-corrected chi connectivity index (χ2v) is 9.28. The minimum absolute atomic E-state index is 0.116. The molecule has 0 radical (unpaired) electrons. The Labute approximate surface area is 170 Å². The maximum Gasteiger partial charge on any atom is 0.303 e. The number of fused-ring (bicyclic) bond motifs is 1. The monoisotopic (exact) mass is 392 g/mol. The highest BCUT2D eigenvalue weighted by Gasteiger charge is 2.43. The van der Waals surface area contributed by atoms with Crippen LogP contribution in [0.4, 0.5) is 0 Å². The van der Waals surface area contributed by atoms with E-state index in [2.05, 4.69) is 32.9 Å². The Bertz CT molecular complexity index is 553. The van der Waals surface area contributed by atoms with Gasteiger partial charge in [-0.3, -0.25) is 4.79 Å². The van der Waals surface area contributed by atoms with Gasteiger partial charge in [-0.2, -0.15) is 0 Å². The van der Waals surface area contributed by atoms with Crippen molar-refractivity contribution < 1.29 is 20.1 Å². The van der Waals surface area contributed by atoms with Gasteiger partial charge >= 0.3 is 5.97 Å². The molecule has 28 heavy (non-hydrogen) atoms. The minimum atomic E-state index is -0.722. The van der Waals surface area contributed by atoms with E-state index < -0.39 is 12.1 Å². The van der Waals surface area contributed by atoms with Crippen LogP contribution in [0.5, 0.6) is 0 Å². The third-order valence-electron chi connectivity index (χ3n) is 6.81. The van der Waals surface area contributed by atoms with Crippen LogP contribution in [-0.2, 0) is 4.79 Å². The standard InChI is InChI=1S/C24H40O4/c1-4-5-7-16(2)12-20(25)10-11-21-22-14-18(13-19(22)15-23(21)26)17(3)8-6-9-24(27)28/h10-11,13,16-17,19-23,25-26H,4-9,12,14-15H2,1-3H3,(H,27,28)/b11-10+/t16?,17?,19?,20?,21-,22?,23-/m1/s1. The number of carbonyl (C=O) groups is 1. The van der Waals surface area contributed by atoms with E-state index in [0.29, 0.717) is 23.7 Å². The van der Waals surface area contributed by atoms with Crippen molar-refractivity contribution in [2.75, 3.05) is 0 Å². The zero-order valence-electron chi connectivity index (χ0n) is 17.9. The molecule has 0 amide bonds. The average Bonchev–Trinajstić information content (AvgIpc) is 3.15. The SMILES string of the molecule is CCCCC(C)CC(O)/C=C/[C@@H]1C2CC(C(C)CCCC(=O)O)=CC2C[C@H]1O. The molecule has 2 aliphatic carbocycles. The number of unbranched alkanes of at least 4 members (excludes halogenated alkanes) is 1. The summed E-state index contributed by atoms with van der Waals surface area (Å²) in [7, 11) is 0. The molecule has 5 unspecified atom stereocenters. The normalized spacial score (nSPS) is 30.2. The Kier molecular flexibility index (Phi) is 9.23. The summed E-state index contributed by atoms with van der Waals surface area (Å²) >= 11 is 0. The van der Waals surface area contributed by atoms with Gasteiger partial charge in [-0.05, 0) is 55.8 Å². The highest BCUT2D eigenvalue weighted by atomic mass is 16.4. The molecule has 1 saturated carbocycles. The van der Waals surface area contributed by atoms with Crippen LogP contribution >= 0.6 is 0 Å². The maximum absolute atomic E-state index is 10.7. The van der Waals surface area contributed by atoms with Gasteiger partial charge in [0.15, 0.2) is 0 Å². The van der Waals surface area contributed by atoms with E-state index in [-0.39, 0.29) is 18.4 Å². The summed E-state index contributed by atoms with van der Waals surface area (Å²) in [5, 5.41) is 29.7. The van der Waals surface area contributed by atoms with Crippen LogP contribution in [-0.4, -0.2) is 33.5 Å². The van der Waals surface area contributed by atoms with E-state index in [4.69, 9.17) is 5.11 Å². The number of aliphatic carboxylic acids is 1. The van der Waals surface area contributed by atoms with E-state index in [1.165, 1.54) is 18.4 Å². The molecule has 0 aromatic heterocycles. The number of carboxylic acid groups (broad SMARTS) is 1.